The quantitative estimate of drug-likeness (QED) is 0.828. The van der Waals surface area contributed by atoms with Crippen LogP contribution in [0.5, 0.6) is 0 Å². The zero-order valence-corrected chi connectivity index (χ0v) is 11.1. The van der Waals surface area contributed by atoms with Crippen molar-refractivity contribution in [2.45, 2.75) is 38.3 Å². The second-order valence-electron chi connectivity index (χ2n) is 5.37. The lowest BCUT2D eigenvalue weighted by molar-refractivity contribution is 0.0577. The number of carbonyl (C=O) groups excluding carboxylic acids is 1. The highest BCUT2D eigenvalue weighted by Gasteiger charge is 2.37. The molecule has 1 aliphatic heterocycles. The van der Waals surface area contributed by atoms with Crippen LogP contribution in [-0.4, -0.2) is 40.5 Å². The van der Waals surface area contributed by atoms with E-state index in [0.29, 0.717) is 6.54 Å². The Hall–Kier alpha value is -1.19. The molecule has 0 spiro atoms. The van der Waals surface area contributed by atoms with E-state index in [1.165, 1.54) is 0 Å². The molecular formula is C15H21NO2. The summed E-state index contributed by atoms with van der Waals surface area (Å²) in [5, 5.41) is 10.0. The first-order valence-electron chi connectivity index (χ1n) is 6.59. The molecule has 0 aliphatic carbocycles. The van der Waals surface area contributed by atoms with E-state index in [9.17, 15) is 9.90 Å². The van der Waals surface area contributed by atoms with Crippen LogP contribution in [0.1, 0.15) is 37.0 Å². The van der Waals surface area contributed by atoms with E-state index in [-0.39, 0.29) is 11.8 Å². The van der Waals surface area contributed by atoms with Crippen molar-refractivity contribution in [2.75, 3.05) is 13.1 Å². The number of Topliss-reactive ketones (excluding diaryl/α,β-unsaturated/α-hetero) is 1. The first kappa shape index (κ1) is 13.2. The van der Waals surface area contributed by atoms with Gasteiger partial charge in [-0.1, -0.05) is 37.3 Å². The molecule has 3 nitrogen and oxygen atoms in total. The van der Waals surface area contributed by atoms with Gasteiger partial charge in [-0.05, 0) is 19.8 Å². The molecule has 1 aromatic carbocycles. The summed E-state index contributed by atoms with van der Waals surface area (Å²) in [4.78, 5) is 14.6. The average molecular weight is 247 g/mol. The summed E-state index contributed by atoms with van der Waals surface area (Å²) in [7, 11) is 0. The fraction of sp³-hybridized carbons (Fsp3) is 0.533. The van der Waals surface area contributed by atoms with E-state index in [2.05, 4.69) is 4.90 Å². The minimum Gasteiger partial charge on any atom is -0.389 e. The Bertz CT molecular complexity index is 414. The predicted molar refractivity (Wildman–Crippen MR) is 71.7 cm³/mol. The SMILES string of the molecule is CCC(C(=O)c1ccccc1)N1CCC(C)(O)C1. The molecule has 3 heteroatoms. The number of β-amino-alcohol motifs (C(OH)–C–C–N with tert-alkyl or cyclic N) is 1. The van der Waals surface area contributed by atoms with Gasteiger partial charge in [-0.3, -0.25) is 9.69 Å². The van der Waals surface area contributed by atoms with Crippen molar-refractivity contribution in [2.24, 2.45) is 0 Å². The number of aliphatic hydroxyl groups is 1. The van der Waals surface area contributed by atoms with Crippen molar-refractivity contribution in [3.8, 4) is 0 Å². The summed E-state index contributed by atoms with van der Waals surface area (Å²) < 4.78 is 0. The van der Waals surface area contributed by atoms with Crippen molar-refractivity contribution < 1.29 is 9.90 Å². The lowest BCUT2D eigenvalue weighted by Crippen LogP contribution is -2.41. The molecule has 2 unspecified atom stereocenters. The molecule has 0 aromatic heterocycles. The molecule has 0 radical (unpaired) electrons. The largest absolute Gasteiger partial charge is 0.389 e. The predicted octanol–water partition coefficient (Wildman–Crippen LogP) is 2.10. The highest BCUT2D eigenvalue weighted by molar-refractivity contribution is 6.00. The minimum atomic E-state index is -0.648. The van der Waals surface area contributed by atoms with Crippen molar-refractivity contribution in [1.29, 1.82) is 0 Å². The molecule has 0 amide bonds. The van der Waals surface area contributed by atoms with Crippen LogP contribution in [0.15, 0.2) is 30.3 Å². The van der Waals surface area contributed by atoms with Gasteiger partial charge in [0, 0.05) is 18.7 Å². The third-order valence-electron chi connectivity index (χ3n) is 3.67. The highest BCUT2D eigenvalue weighted by atomic mass is 16.3. The topological polar surface area (TPSA) is 40.5 Å². The number of likely N-dealkylation sites (tertiary alicyclic amines) is 1. The van der Waals surface area contributed by atoms with Crippen LogP contribution >= 0.6 is 0 Å². The van der Waals surface area contributed by atoms with Crippen LogP contribution < -0.4 is 0 Å². The van der Waals surface area contributed by atoms with E-state index in [1.807, 2.05) is 44.2 Å². The first-order valence-corrected chi connectivity index (χ1v) is 6.59. The lowest BCUT2D eigenvalue weighted by atomic mass is 10.0. The molecule has 18 heavy (non-hydrogen) atoms. The normalized spacial score (nSPS) is 26.2. The summed E-state index contributed by atoms with van der Waals surface area (Å²) in [6.45, 7) is 5.25. The summed E-state index contributed by atoms with van der Waals surface area (Å²) in [6.07, 6.45) is 1.52. The monoisotopic (exact) mass is 247 g/mol. The standard InChI is InChI=1S/C15H21NO2/c1-3-13(16-10-9-15(2,18)11-16)14(17)12-7-5-4-6-8-12/h4-8,13,18H,3,9-11H2,1-2H3. The maximum atomic E-state index is 12.5. The summed E-state index contributed by atoms with van der Waals surface area (Å²) >= 11 is 0. The molecule has 0 bridgehead atoms. The average Bonchev–Trinajstić information content (AvgIpc) is 2.71. The van der Waals surface area contributed by atoms with Gasteiger partial charge in [0.15, 0.2) is 5.78 Å². The maximum absolute atomic E-state index is 12.5. The van der Waals surface area contributed by atoms with Crippen LogP contribution in [0.4, 0.5) is 0 Å². The number of rotatable bonds is 4. The van der Waals surface area contributed by atoms with E-state index in [0.717, 1.165) is 24.9 Å². The molecule has 1 saturated heterocycles. The first-order chi connectivity index (χ1) is 8.53. The van der Waals surface area contributed by atoms with Crippen LogP contribution in [0.3, 0.4) is 0 Å². The number of hydrogen-bond donors (Lipinski definition) is 1. The number of carbonyl (C=O) groups is 1. The van der Waals surface area contributed by atoms with E-state index in [1.54, 1.807) is 0 Å². The van der Waals surface area contributed by atoms with Gasteiger partial charge < -0.3 is 5.11 Å². The third-order valence-corrected chi connectivity index (χ3v) is 3.67. The molecule has 2 atom stereocenters. The van der Waals surface area contributed by atoms with Gasteiger partial charge in [-0.15, -0.1) is 0 Å². The van der Waals surface area contributed by atoms with Gasteiger partial charge in [0.1, 0.15) is 0 Å². The second-order valence-corrected chi connectivity index (χ2v) is 5.37. The van der Waals surface area contributed by atoms with Crippen LogP contribution in [0, 0.1) is 0 Å². The zero-order chi connectivity index (χ0) is 13.2. The lowest BCUT2D eigenvalue weighted by Gasteiger charge is -2.26. The van der Waals surface area contributed by atoms with Gasteiger partial charge in [-0.2, -0.15) is 0 Å². The maximum Gasteiger partial charge on any atom is 0.179 e. The van der Waals surface area contributed by atoms with Gasteiger partial charge >= 0.3 is 0 Å². The molecule has 1 heterocycles. The number of hydrogen-bond acceptors (Lipinski definition) is 3. The van der Waals surface area contributed by atoms with Crippen molar-refractivity contribution in [3.05, 3.63) is 35.9 Å². The minimum absolute atomic E-state index is 0.110. The number of benzene rings is 1. The van der Waals surface area contributed by atoms with Crippen LogP contribution in [-0.2, 0) is 0 Å². The van der Waals surface area contributed by atoms with E-state index < -0.39 is 5.60 Å². The summed E-state index contributed by atoms with van der Waals surface area (Å²) in [5.41, 5.74) is 0.112. The Morgan fingerprint density at radius 3 is 2.61 bits per heavy atom. The smallest absolute Gasteiger partial charge is 0.179 e. The molecule has 98 valence electrons. The summed E-state index contributed by atoms with van der Waals surface area (Å²) in [5.74, 6) is 0.163. The molecule has 1 aliphatic rings. The van der Waals surface area contributed by atoms with E-state index in [4.69, 9.17) is 0 Å². The Labute approximate surface area is 108 Å². The third kappa shape index (κ3) is 2.79. The van der Waals surface area contributed by atoms with Crippen molar-refractivity contribution in [1.82, 2.24) is 4.90 Å². The van der Waals surface area contributed by atoms with Crippen molar-refractivity contribution in [3.63, 3.8) is 0 Å². The fourth-order valence-electron chi connectivity index (χ4n) is 2.65. The molecule has 1 N–H and O–H groups in total. The Morgan fingerprint density at radius 1 is 1.44 bits per heavy atom. The van der Waals surface area contributed by atoms with Gasteiger partial charge in [-0.25, -0.2) is 0 Å². The molecule has 0 saturated carbocycles. The zero-order valence-electron chi connectivity index (χ0n) is 11.1. The van der Waals surface area contributed by atoms with Crippen LogP contribution in [0.2, 0.25) is 0 Å². The van der Waals surface area contributed by atoms with E-state index >= 15 is 0 Å². The molecule has 1 aromatic rings. The second kappa shape index (κ2) is 5.21. The van der Waals surface area contributed by atoms with Gasteiger partial charge in [0.05, 0.1) is 11.6 Å². The summed E-state index contributed by atoms with van der Waals surface area (Å²) in [6, 6.07) is 9.30. The van der Waals surface area contributed by atoms with Crippen LogP contribution in [0.25, 0.3) is 0 Å². The van der Waals surface area contributed by atoms with Crippen molar-refractivity contribution >= 4 is 5.78 Å². The van der Waals surface area contributed by atoms with Gasteiger partial charge in [0.25, 0.3) is 0 Å². The Balaban J connectivity index is 2.12. The highest BCUT2D eigenvalue weighted by Crippen LogP contribution is 2.24. The molecular weight excluding hydrogens is 226 g/mol. The fourth-order valence-corrected chi connectivity index (χ4v) is 2.65. The Kier molecular flexibility index (Phi) is 3.83. The number of nitrogens with zero attached hydrogens (tertiary/aromatic N) is 1. The van der Waals surface area contributed by atoms with Gasteiger partial charge in [0.2, 0.25) is 0 Å². The molecule has 2 rings (SSSR count). The number of ketones is 1. The molecule has 1 fully saturated rings. The Morgan fingerprint density at radius 2 is 2.11 bits per heavy atom.